The summed E-state index contributed by atoms with van der Waals surface area (Å²) in [7, 11) is 1.53. The SMILES string of the molecule is COc1ccc(C(Cl)C2C(C)(C)C2(C)C)c(F)c1. The summed E-state index contributed by atoms with van der Waals surface area (Å²) >= 11 is 6.49. The molecule has 1 aromatic rings. The minimum absolute atomic E-state index is 0.145. The molecule has 2 rings (SSSR count). The Balaban J connectivity index is 2.29. The van der Waals surface area contributed by atoms with Crippen molar-refractivity contribution in [2.75, 3.05) is 7.11 Å². The van der Waals surface area contributed by atoms with Crippen LogP contribution in [0.15, 0.2) is 18.2 Å². The molecule has 0 radical (unpaired) electrons. The van der Waals surface area contributed by atoms with Crippen LogP contribution < -0.4 is 4.74 Å². The molecule has 0 heterocycles. The number of hydrogen-bond donors (Lipinski definition) is 0. The van der Waals surface area contributed by atoms with E-state index in [0.717, 1.165) is 0 Å². The Bertz CT molecular complexity index is 454. The number of alkyl halides is 1. The normalized spacial score (nSPS) is 22.6. The third kappa shape index (κ3) is 1.82. The first kappa shape index (κ1) is 13.7. The molecule has 100 valence electrons. The lowest BCUT2D eigenvalue weighted by molar-refractivity contribution is 0.410. The quantitative estimate of drug-likeness (QED) is 0.717. The van der Waals surface area contributed by atoms with Crippen LogP contribution in [-0.4, -0.2) is 7.11 Å². The van der Waals surface area contributed by atoms with Crippen LogP contribution in [0.25, 0.3) is 0 Å². The van der Waals surface area contributed by atoms with Crippen molar-refractivity contribution in [3.8, 4) is 5.75 Å². The topological polar surface area (TPSA) is 9.23 Å². The van der Waals surface area contributed by atoms with E-state index >= 15 is 0 Å². The van der Waals surface area contributed by atoms with Crippen molar-refractivity contribution >= 4 is 11.6 Å². The molecular weight excluding hydrogens is 251 g/mol. The van der Waals surface area contributed by atoms with Crippen molar-refractivity contribution in [3.63, 3.8) is 0 Å². The molecule has 0 bridgehead atoms. The minimum Gasteiger partial charge on any atom is -0.497 e. The molecule has 0 spiro atoms. The third-order valence-electron chi connectivity index (χ3n) is 4.93. The van der Waals surface area contributed by atoms with Crippen LogP contribution >= 0.6 is 11.6 Å². The van der Waals surface area contributed by atoms with Gasteiger partial charge in [-0.1, -0.05) is 33.8 Å². The molecule has 1 unspecified atom stereocenters. The van der Waals surface area contributed by atoms with Gasteiger partial charge in [-0.3, -0.25) is 0 Å². The van der Waals surface area contributed by atoms with E-state index in [4.69, 9.17) is 16.3 Å². The van der Waals surface area contributed by atoms with Crippen LogP contribution in [0.2, 0.25) is 0 Å². The highest BCUT2D eigenvalue weighted by Crippen LogP contribution is 2.73. The predicted molar refractivity (Wildman–Crippen MR) is 72.6 cm³/mol. The largest absolute Gasteiger partial charge is 0.497 e. The average Bonchev–Trinajstić information content (AvgIpc) is 2.68. The first-order chi connectivity index (χ1) is 8.23. The molecule has 1 aromatic carbocycles. The summed E-state index contributed by atoms with van der Waals surface area (Å²) in [5, 5.41) is -0.291. The molecule has 0 aliphatic heterocycles. The van der Waals surface area contributed by atoms with Gasteiger partial charge in [0.25, 0.3) is 0 Å². The van der Waals surface area contributed by atoms with Crippen molar-refractivity contribution in [3.05, 3.63) is 29.6 Å². The summed E-state index contributed by atoms with van der Waals surface area (Å²) in [6, 6.07) is 4.89. The minimum atomic E-state index is -0.291. The van der Waals surface area contributed by atoms with Gasteiger partial charge in [0.05, 0.1) is 12.5 Å². The monoisotopic (exact) mass is 270 g/mol. The van der Waals surface area contributed by atoms with Gasteiger partial charge in [0.1, 0.15) is 11.6 Å². The molecule has 0 saturated heterocycles. The van der Waals surface area contributed by atoms with Crippen LogP contribution in [-0.2, 0) is 0 Å². The standard InChI is InChI=1S/C15H20ClFO/c1-14(2)13(15(14,3)4)12(16)10-7-6-9(18-5)8-11(10)17/h6-8,12-13H,1-5H3. The fourth-order valence-electron chi connectivity index (χ4n) is 3.02. The first-order valence-electron chi connectivity index (χ1n) is 6.21. The summed E-state index contributed by atoms with van der Waals surface area (Å²) < 4.78 is 19.0. The second-order valence-corrected chi connectivity index (χ2v) is 6.68. The molecule has 1 aliphatic carbocycles. The van der Waals surface area contributed by atoms with Gasteiger partial charge in [-0.15, -0.1) is 11.6 Å². The number of rotatable bonds is 3. The number of ether oxygens (including phenoxy) is 1. The van der Waals surface area contributed by atoms with Gasteiger partial charge >= 0.3 is 0 Å². The summed E-state index contributed by atoms with van der Waals surface area (Å²) in [6.45, 7) is 8.76. The maximum Gasteiger partial charge on any atom is 0.131 e. The molecule has 1 fully saturated rings. The fourth-order valence-corrected chi connectivity index (χ4v) is 3.82. The third-order valence-corrected chi connectivity index (χ3v) is 5.42. The van der Waals surface area contributed by atoms with E-state index in [1.165, 1.54) is 13.2 Å². The van der Waals surface area contributed by atoms with Crippen molar-refractivity contribution in [1.82, 2.24) is 0 Å². The Morgan fingerprint density at radius 1 is 1.22 bits per heavy atom. The van der Waals surface area contributed by atoms with Crippen molar-refractivity contribution in [1.29, 1.82) is 0 Å². The molecule has 1 saturated carbocycles. The molecule has 3 heteroatoms. The number of benzene rings is 1. The highest BCUT2D eigenvalue weighted by Gasteiger charge is 2.67. The maximum absolute atomic E-state index is 14.0. The Morgan fingerprint density at radius 2 is 1.78 bits per heavy atom. The highest BCUT2D eigenvalue weighted by molar-refractivity contribution is 6.21. The van der Waals surface area contributed by atoms with Crippen LogP contribution in [0.4, 0.5) is 4.39 Å². The number of hydrogen-bond acceptors (Lipinski definition) is 1. The predicted octanol–water partition coefficient (Wildman–Crippen LogP) is 4.80. The molecule has 1 atom stereocenters. The molecule has 0 aromatic heterocycles. The Hall–Kier alpha value is -0.760. The molecule has 1 aliphatic rings. The van der Waals surface area contributed by atoms with E-state index < -0.39 is 0 Å². The average molecular weight is 271 g/mol. The van der Waals surface area contributed by atoms with E-state index in [-0.39, 0.29) is 27.9 Å². The van der Waals surface area contributed by atoms with E-state index in [1.807, 2.05) is 0 Å². The second kappa shape index (κ2) is 4.12. The second-order valence-electron chi connectivity index (χ2n) is 6.21. The highest BCUT2D eigenvalue weighted by atomic mass is 35.5. The molecule has 18 heavy (non-hydrogen) atoms. The van der Waals surface area contributed by atoms with Crippen LogP contribution in [0, 0.1) is 22.6 Å². The summed E-state index contributed by atoms with van der Waals surface area (Å²) in [4.78, 5) is 0. The zero-order valence-corrected chi connectivity index (χ0v) is 12.3. The van der Waals surface area contributed by atoms with E-state index in [9.17, 15) is 4.39 Å². The summed E-state index contributed by atoms with van der Waals surface area (Å²) in [5.74, 6) is 0.525. The van der Waals surface area contributed by atoms with Gasteiger partial charge in [-0.2, -0.15) is 0 Å². The van der Waals surface area contributed by atoms with Crippen molar-refractivity contribution in [2.24, 2.45) is 16.7 Å². The van der Waals surface area contributed by atoms with E-state index in [0.29, 0.717) is 11.3 Å². The van der Waals surface area contributed by atoms with Gasteiger partial charge in [0.15, 0.2) is 0 Å². The lowest BCUT2D eigenvalue weighted by Gasteiger charge is -2.13. The van der Waals surface area contributed by atoms with E-state index in [2.05, 4.69) is 27.7 Å². The van der Waals surface area contributed by atoms with Gasteiger partial charge in [-0.05, 0) is 22.8 Å². The zero-order valence-electron chi connectivity index (χ0n) is 11.6. The first-order valence-corrected chi connectivity index (χ1v) is 6.64. The molecule has 0 amide bonds. The van der Waals surface area contributed by atoms with Crippen LogP contribution in [0.3, 0.4) is 0 Å². The van der Waals surface area contributed by atoms with Gasteiger partial charge in [0, 0.05) is 11.6 Å². The van der Waals surface area contributed by atoms with Gasteiger partial charge in [-0.25, -0.2) is 4.39 Å². The Kier molecular flexibility index (Phi) is 3.13. The Labute approximate surface area is 113 Å². The van der Waals surface area contributed by atoms with Crippen LogP contribution in [0.5, 0.6) is 5.75 Å². The lowest BCUT2D eigenvalue weighted by atomic mass is 10.0. The smallest absolute Gasteiger partial charge is 0.131 e. The molecular formula is C15H20ClFO. The van der Waals surface area contributed by atoms with E-state index in [1.54, 1.807) is 12.1 Å². The van der Waals surface area contributed by atoms with Crippen molar-refractivity contribution < 1.29 is 9.13 Å². The van der Waals surface area contributed by atoms with Crippen LogP contribution in [0.1, 0.15) is 38.6 Å². The number of halogens is 2. The molecule has 1 nitrogen and oxygen atoms in total. The summed E-state index contributed by atoms with van der Waals surface area (Å²) in [5.41, 5.74) is 0.860. The molecule has 0 N–H and O–H groups in total. The Morgan fingerprint density at radius 3 is 2.17 bits per heavy atom. The number of methoxy groups -OCH3 is 1. The zero-order chi connectivity index (χ0) is 13.7. The van der Waals surface area contributed by atoms with Crippen molar-refractivity contribution in [2.45, 2.75) is 33.1 Å². The lowest BCUT2D eigenvalue weighted by Crippen LogP contribution is -2.02. The fraction of sp³-hybridized carbons (Fsp3) is 0.600. The summed E-state index contributed by atoms with van der Waals surface area (Å²) in [6.07, 6.45) is 0. The van der Waals surface area contributed by atoms with Gasteiger partial charge < -0.3 is 4.74 Å². The van der Waals surface area contributed by atoms with Gasteiger partial charge in [0.2, 0.25) is 0 Å². The maximum atomic E-state index is 14.0.